The minimum absolute atomic E-state index is 0.0425. The van der Waals surface area contributed by atoms with Crippen LogP contribution in [0, 0.1) is 0 Å². The molecule has 0 aromatic heterocycles. The standard InChI is InChI=1S/C22H29NO2/c1-15(2)18-10-8-11-19(16(3)4)22(18)23-21(24)14-13-17-9-6-7-12-20(17)25-5/h6-12,15-16H,13-14H2,1-5H3,(H,23,24). The van der Waals surface area contributed by atoms with Gasteiger partial charge in [0, 0.05) is 12.1 Å². The van der Waals surface area contributed by atoms with Gasteiger partial charge in [0.15, 0.2) is 0 Å². The molecule has 1 amide bonds. The van der Waals surface area contributed by atoms with Crippen LogP contribution in [0.1, 0.15) is 62.6 Å². The van der Waals surface area contributed by atoms with E-state index in [0.29, 0.717) is 24.7 Å². The van der Waals surface area contributed by atoms with E-state index in [1.165, 1.54) is 11.1 Å². The fourth-order valence-corrected chi connectivity index (χ4v) is 3.05. The van der Waals surface area contributed by atoms with Gasteiger partial charge >= 0.3 is 0 Å². The Hall–Kier alpha value is -2.29. The fourth-order valence-electron chi connectivity index (χ4n) is 3.05. The zero-order chi connectivity index (χ0) is 18.4. The summed E-state index contributed by atoms with van der Waals surface area (Å²) in [5.41, 5.74) is 4.42. The van der Waals surface area contributed by atoms with Gasteiger partial charge < -0.3 is 10.1 Å². The lowest BCUT2D eigenvalue weighted by Crippen LogP contribution is -2.16. The molecule has 0 saturated heterocycles. The molecule has 0 atom stereocenters. The minimum atomic E-state index is 0.0425. The Labute approximate surface area is 151 Å². The number of hydrogen-bond donors (Lipinski definition) is 1. The second-order valence-electron chi connectivity index (χ2n) is 6.98. The van der Waals surface area contributed by atoms with Crippen LogP contribution in [-0.2, 0) is 11.2 Å². The van der Waals surface area contributed by atoms with Crippen molar-refractivity contribution in [3.05, 3.63) is 59.2 Å². The van der Waals surface area contributed by atoms with Crippen LogP contribution < -0.4 is 10.1 Å². The van der Waals surface area contributed by atoms with E-state index in [4.69, 9.17) is 4.74 Å². The Kier molecular flexibility index (Phi) is 6.63. The van der Waals surface area contributed by atoms with Crippen molar-refractivity contribution in [2.24, 2.45) is 0 Å². The Morgan fingerprint density at radius 1 is 0.960 bits per heavy atom. The summed E-state index contributed by atoms with van der Waals surface area (Å²) >= 11 is 0. The molecule has 0 bridgehead atoms. The summed E-state index contributed by atoms with van der Waals surface area (Å²) in [5.74, 6) is 1.60. The largest absolute Gasteiger partial charge is 0.496 e. The molecule has 0 fully saturated rings. The highest BCUT2D eigenvalue weighted by molar-refractivity contribution is 5.92. The summed E-state index contributed by atoms with van der Waals surface area (Å²) in [6.45, 7) is 8.63. The summed E-state index contributed by atoms with van der Waals surface area (Å²) in [5, 5.41) is 3.17. The maximum Gasteiger partial charge on any atom is 0.224 e. The third-order valence-electron chi connectivity index (χ3n) is 4.45. The van der Waals surface area contributed by atoms with Crippen molar-refractivity contribution in [3.8, 4) is 5.75 Å². The van der Waals surface area contributed by atoms with Gasteiger partial charge in [0.05, 0.1) is 7.11 Å². The van der Waals surface area contributed by atoms with Crippen molar-refractivity contribution < 1.29 is 9.53 Å². The first kappa shape index (κ1) is 19.0. The average molecular weight is 339 g/mol. The molecule has 134 valence electrons. The number of benzene rings is 2. The van der Waals surface area contributed by atoms with E-state index < -0.39 is 0 Å². The van der Waals surface area contributed by atoms with Crippen molar-refractivity contribution in [2.45, 2.75) is 52.4 Å². The number of amides is 1. The second-order valence-corrected chi connectivity index (χ2v) is 6.98. The van der Waals surface area contributed by atoms with Gasteiger partial charge in [0.25, 0.3) is 0 Å². The average Bonchev–Trinajstić information content (AvgIpc) is 2.59. The minimum Gasteiger partial charge on any atom is -0.496 e. The highest BCUT2D eigenvalue weighted by Gasteiger charge is 2.16. The number of hydrogen-bond acceptors (Lipinski definition) is 2. The van der Waals surface area contributed by atoms with Crippen molar-refractivity contribution >= 4 is 11.6 Å². The molecular weight excluding hydrogens is 310 g/mol. The van der Waals surface area contributed by atoms with Crippen LogP contribution >= 0.6 is 0 Å². The molecule has 25 heavy (non-hydrogen) atoms. The predicted octanol–water partition coefficient (Wildman–Crippen LogP) is 5.51. The fraction of sp³-hybridized carbons (Fsp3) is 0.409. The van der Waals surface area contributed by atoms with E-state index in [9.17, 15) is 4.79 Å². The number of anilines is 1. The van der Waals surface area contributed by atoms with Crippen LogP contribution in [0.5, 0.6) is 5.75 Å². The topological polar surface area (TPSA) is 38.3 Å². The molecule has 2 rings (SSSR count). The van der Waals surface area contributed by atoms with Crippen LogP contribution in [-0.4, -0.2) is 13.0 Å². The molecule has 0 saturated carbocycles. The summed E-state index contributed by atoms with van der Waals surface area (Å²) < 4.78 is 5.37. The van der Waals surface area contributed by atoms with Gasteiger partial charge in [0.1, 0.15) is 5.75 Å². The third kappa shape index (κ3) is 4.85. The van der Waals surface area contributed by atoms with E-state index in [-0.39, 0.29) is 5.91 Å². The molecule has 0 aliphatic carbocycles. The first-order valence-corrected chi connectivity index (χ1v) is 8.98. The van der Waals surface area contributed by atoms with Gasteiger partial charge in [-0.3, -0.25) is 4.79 Å². The first-order valence-electron chi connectivity index (χ1n) is 8.98. The van der Waals surface area contributed by atoms with Gasteiger partial charge in [-0.05, 0) is 41.0 Å². The molecule has 3 heteroatoms. The number of carbonyl (C=O) groups excluding carboxylic acids is 1. The van der Waals surface area contributed by atoms with Gasteiger partial charge in [-0.15, -0.1) is 0 Å². The molecule has 0 radical (unpaired) electrons. The van der Waals surface area contributed by atoms with Crippen LogP contribution in [0.25, 0.3) is 0 Å². The lowest BCUT2D eigenvalue weighted by atomic mass is 9.92. The normalized spacial score (nSPS) is 11.0. The van der Waals surface area contributed by atoms with Crippen LogP contribution in [0.15, 0.2) is 42.5 Å². The number of carbonyl (C=O) groups is 1. The summed E-state index contributed by atoms with van der Waals surface area (Å²) in [6, 6.07) is 14.1. The molecule has 0 unspecified atom stereocenters. The van der Waals surface area contributed by atoms with Gasteiger partial charge in [-0.2, -0.15) is 0 Å². The van der Waals surface area contributed by atoms with Gasteiger partial charge in [-0.25, -0.2) is 0 Å². The summed E-state index contributed by atoms with van der Waals surface area (Å²) in [6.07, 6.45) is 1.10. The summed E-state index contributed by atoms with van der Waals surface area (Å²) in [4.78, 5) is 12.6. The first-order chi connectivity index (χ1) is 11.9. The van der Waals surface area contributed by atoms with Gasteiger partial charge in [0.2, 0.25) is 5.91 Å². The maximum absolute atomic E-state index is 12.6. The highest BCUT2D eigenvalue weighted by Crippen LogP contribution is 2.32. The lowest BCUT2D eigenvalue weighted by molar-refractivity contribution is -0.116. The second kappa shape index (κ2) is 8.70. The van der Waals surface area contributed by atoms with E-state index in [2.05, 4.69) is 51.2 Å². The van der Waals surface area contributed by atoms with Crippen molar-refractivity contribution in [3.63, 3.8) is 0 Å². The van der Waals surface area contributed by atoms with E-state index >= 15 is 0 Å². The number of methoxy groups -OCH3 is 1. The Morgan fingerprint density at radius 3 is 2.12 bits per heavy atom. The number of rotatable bonds is 7. The number of nitrogens with one attached hydrogen (secondary N) is 1. The van der Waals surface area contributed by atoms with Crippen LogP contribution in [0.2, 0.25) is 0 Å². The molecule has 1 N–H and O–H groups in total. The zero-order valence-corrected chi connectivity index (χ0v) is 15.9. The third-order valence-corrected chi connectivity index (χ3v) is 4.45. The Morgan fingerprint density at radius 2 is 1.56 bits per heavy atom. The molecule has 0 spiro atoms. The molecular formula is C22H29NO2. The van der Waals surface area contributed by atoms with Crippen molar-refractivity contribution in [1.29, 1.82) is 0 Å². The molecule has 2 aromatic rings. The molecule has 0 aliphatic rings. The predicted molar refractivity (Wildman–Crippen MR) is 105 cm³/mol. The van der Waals surface area contributed by atoms with Crippen molar-refractivity contribution in [1.82, 2.24) is 0 Å². The summed E-state index contributed by atoms with van der Waals surface area (Å²) in [7, 11) is 1.66. The van der Waals surface area contributed by atoms with E-state index in [0.717, 1.165) is 17.0 Å². The van der Waals surface area contributed by atoms with E-state index in [1.54, 1.807) is 7.11 Å². The quantitative estimate of drug-likeness (QED) is 0.722. The monoisotopic (exact) mass is 339 g/mol. The van der Waals surface area contributed by atoms with Crippen LogP contribution in [0.4, 0.5) is 5.69 Å². The smallest absolute Gasteiger partial charge is 0.224 e. The number of aryl methyl sites for hydroxylation is 1. The van der Waals surface area contributed by atoms with E-state index in [1.807, 2.05) is 24.3 Å². The molecule has 0 heterocycles. The van der Waals surface area contributed by atoms with Crippen LogP contribution in [0.3, 0.4) is 0 Å². The zero-order valence-electron chi connectivity index (χ0n) is 15.9. The molecule has 3 nitrogen and oxygen atoms in total. The Balaban J connectivity index is 2.15. The highest BCUT2D eigenvalue weighted by atomic mass is 16.5. The van der Waals surface area contributed by atoms with Crippen molar-refractivity contribution in [2.75, 3.05) is 12.4 Å². The Bertz CT molecular complexity index is 693. The van der Waals surface area contributed by atoms with Gasteiger partial charge in [-0.1, -0.05) is 64.1 Å². The maximum atomic E-state index is 12.6. The number of para-hydroxylation sites is 2. The lowest BCUT2D eigenvalue weighted by Gasteiger charge is -2.20. The molecule has 0 aliphatic heterocycles. The SMILES string of the molecule is COc1ccccc1CCC(=O)Nc1c(C(C)C)cccc1C(C)C. The molecule has 2 aromatic carbocycles. The number of ether oxygens (including phenoxy) is 1.